The highest BCUT2D eigenvalue weighted by atomic mass is 32.2. The highest BCUT2D eigenvalue weighted by Crippen LogP contribution is 2.18. The molecule has 1 atom stereocenters. The maximum Gasteiger partial charge on any atom is 0.222 e. The minimum absolute atomic E-state index is 0.106. The molecule has 100 valence electrons. The number of nitrogens with zero attached hydrogens (tertiary/aromatic N) is 2. The van der Waals surface area contributed by atoms with Gasteiger partial charge in [-0.25, -0.2) is 12.7 Å². The van der Waals surface area contributed by atoms with Gasteiger partial charge < -0.3 is 4.90 Å². The number of likely N-dealkylation sites (tertiary alicyclic amines) is 1. The van der Waals surface area contributed by atoms with Gasteiger partial charge in [0.2, 0.25) is 15.9 Å². The number of sulfonamides is 1. The van der Waals surface area contributed by atoms with Gasteiger partial charge in [0, 0.05) is 33.6 Å². The zero-order chi connectivity index (χ0) is 13.1. The quantitative estimate of drug-likeness (QED) is 0.701. The number of carbonyl (C=O) groups is 1. The van der Waals surface area contributed by atoms with E-state index in [1.807, 2.05) is 6.92 Å². The lowest BCUT2D eigenvalue weighted by Gasteiger charge is -2.20. The fourth-order valence-electron chi connectivity index (χ4n) is 2.04. The van der Waals surface area contributed by atoms with Gasteiger partial charge in [-0.1, -0.05) is 13.3 Å². The Morgan fingerprint density at radius 3 is 2.59 bits per heavy atom. The molecule has 1 rings (SSSR count). The second kappa shape index (κ2) is 5.82. The molecular formula is C11H22N2O3S. The fraction of sp³-hybridized carbons (Fsp3) is 0.909. The van der Waals surface area contributed by atoms with E-state index < -0.39 is 10.0 Å². The van der Waals surface area contributed by atoms with Crippen molar-refractivity contribution >= 4 is 15.9 Å². The van der Waals surface area contributed by atoms with Crippen LogP contribution in [-0.4, -0.2) is 56.5 Å². The first-order valence-electron chi connectivity index (χ1n) is 6.04. The van der Waals surface area contributed by atoms with Gasteiger partial charge in [0.15, 0.2) is 0 Å². The molecule has 0 aromatic carbocycles. The molecule has 6 heteroatoms. The molecular weight excluding hydrogens is 240 g/mol. The normalized spacial score (nSPS) is 21.5. The van der Waals surface area contributed by atoms with Crippen LogP contribution in [0.15, 0.2) is 0 Å². The lowest BCUT2D eigenvalue weighted by Crippen LogP contribution is -2.34. The van der Waals surface area contributed by atoms with Gasteiger partial charge in [0.25, 0.3) is 0 Å². The van der Waals surface area contributed by atoms with Crippen molar-refractivity contribution in [3.05, 3.63) is 0 Å². The molecule has 1 saturated heterocycles. The third kappa shape index (κ3) is 3.96. The smallest absolute Gasteiger partial charge is 0.222 e. The maximum absolute atomic E-state index is 11.9. The van der Waals surface area contributed by atoms with E-state index in [0.29, 0.717) is 25.9 Å². The minimum Gasteiger partial charge on any atom is -0.345 e. The first-order valence-corrected chi connectivity index (χ1v) is 7.65. The van der Waals surface area contributed by atoms with Crippen LogP contribution < -0.4 is 0 Å². The third-order valence-corrected chi connectivity index (χ3v) is 5.07. The molecule has 5 nitrogen and oxygen atoms in total. The summed E-state index contributed by atoms with van der Waals surface area (Å²) in [5.74, 6) is 0.444. The Morgan fingerprint density at radius 2 is 2.12 bits per heavy atom. The van der Waals surface area contributed by atoms with Crippen LogP contribution in [0.1, 0.15) is 26.2 Å². The Bertz CT molecular complexity index is 367. The molecule has 1 aliphatic rings. The Hall–Kier alpha value is -0.620. The van der Waals surface area contributed by atoms with E-state index in [4.69, 9.17) is 0 Å². The highest BCUT2D eigenvalue weighted by Gasteiger charge is 2.30. The highest BCUT2D eigenvalue weighted by molar-refractivity contribution is 7.89. The Labute approximate surface area is 104 Å². The van der Waals surface area contributed by atoms with Gasteiger partial charge >= 0.3 is 0 Å². The number of carbonyl (C=O) groups excluding carboxylic acids is 1. The average Bonchev–Trinajstić information content (AvgIpc) is 2.55. The number of unbranched alkanes of at least 4 members (excludes halogenated alkanes) is 1. The van der Waals surface area contributed by atoms with Crippen molar-refractivity contribution in [2.24, 2.45) is 5.92 Å². The lowest BCUT2D eigenvalue weighted by molar-refractivity contribution is -0.126. The molecule has 0 saturated carbocycles. The van der Waals surface area contributed by atoms with Gasteiger partial charge in [-0.2, -0.15) is 0 Å². The SMILES string of the molecule is CCCCS(=O)(=O)N(C)CC1CC(=O)N(C)C1. The van der Waals surface area contributed by atoms with Gasteiger partial charge in [0.1, 0.15) is 0 Å². The van der Waals surface area contributed by atoms with Crippen LogP contribution in [-0.2, 0) is 14.8 Å². The second-order valence-electron chi connectivity index (χ2n) is 4.79. The summed E-state index contributed by atoms with van der Waals surface area (Å²) in [7, 11) is 0.221. The summed E-state index contributed by atoms with van der Waals surface area (Å²) in [6, 6.07) is 0. The number of hydrogen-bond acceptors (Lipinski definition) is 3. The van der Waals surface area contributed by atoms with Crippen molar-refractivity contribution in [2.75, 3.05) is 32.9 Å². The predicted octanol–water partition coefficient (Wildman–Crippen LogP) is 0.526. The van der Waals surface area contributed by atoms with Crippen molar-refractivity contribution in [1.82, 2.24) is 9.21 Å². The van der Waals surface area contributed by atoms with Crippen LogP contribution in [0.2, 0.25) is 0 Å². The molecule has 0 N–H and O–H groups in total. The van der Waals surface area contributed by atoms with E-state index in [0.717, 1.165) is 6.42 Å². The molecule has 1 amide bonds. The molecule has 0 aromatic heterocycles. The molecule has 0 spiro atoms. The predicted molar refractivity (Wildman–Crippen MR) is 67.1 cm³/mol. The largest absolute Gasteiger partial charge is 0.345 e. The summed E-state index contributed by atoms with van der Waals surface area (Å²) >= 11 is 0. The van der Waals surface area contributed by atoms with Crippen LogP contribution in [0, 0.1) is 5.92 Å². The molecule has 1 fully saturated rings. The topological polar surface area (TPSA) is 57.7 Å². The molecule has 17 heavy (non-hydrogen) atoms. The summed E-state index contributed by atoms with van der Waals surface area (Å²) in [5, 5.41) is 0. The van der Waals surface area contributed by atoms with E-state index in [-0.39, 0.29) is 17.6 Å². The number of amides is 1. The van der Waals surface area contributed by atoms with Crippen LogP contribution >= 0.6 is 0 Å². The molecule has 0 radical (unpaired) electrons. The molecule has 0 aliphatic carbocycles. The second-order valence-corrected chi connectivity index (χ2v) is 6.99. The van der Waals surface area contributed by atoms with Crippen molar-refractivity contribution in [2.45, 2.75) is 26.2 Å². The van der Waals surface area contributed by atoms with Crippen LogP contribution in [0.5, 0.6) is 0 Å². The zero-order valence-corrected chi connectivity index (χ0v) is 11.7. The summed E-state index contributed by atoms with van der Waals surface area (Å²) in [6.45, 7) is 3.08. The number of rotatable bonds is 6. The third-order valence-electron chi connectivity index (χ3n) is 3.17. The Kier molecular flexibility index (Phi) is 4.94. The van der Waals surface area contributed by atoms with E-state index in [2.05, 4.69) is 0 Å². The fourth-order valence-corrected chi connectivity index (χ4v) is 3.44. The summed E-state index contributed by atoms with van der Waals surface area (Å²) < 4.78 is 25.1. The van der Waals surface area contributed by atoms with E-state index >= 15 is 0 Å². The van der Waals surface area contributed by atoms with E-state index in [1.165, 1.54) is 4.31 Å². The van der Waals surface area contributed by atoms with Crippen molar-refractivity contribution in [1.29, 1.82) is 0 Å². The molecule has 1 heterocycles. The molecule has 1 unspecified atom stereocenters. The Balaban J connectivity index is 2.49. The van der Waals surface area contributed by atoms with E-state index in [1.54, 1.807) is 19.0 Å². The maximum atomic E-state index is 11.9. The van der Waals surface area contributed by atoms with Gasteiger partial charge in [-0.05, 0) is 12.3 Å². The first-order chi connectivity index (χ1) is 7.86. The average molecular weight is 262 g/mol. The first kappa shape index (κ1) is 14.4. The monoisotopic (exact) mass is 262 g/mol. The minimum atomic E-state index is -3.14. The van der Waals surface area contributed by atoms with Crippen molar-refractivity contribution < 1.29 is 13.2 Å². The van der Waals surface area contributed by atoms with E-state index in [9.17, 15) is 13.2 Å². The Morgan fingerprint density at radius 1 is 1.47 bits per heavy atom. The van der Waals surface area contributed by atoms with Crippen molar-refractivity contribution in [3.63, 3.8) is 0 Å². The number of hydrogen-bond donors (Lipinski definition) is 0. The van der Waals surface area contributed by atoms with Gasteiger partial charge in [0.05, 0.1) is 5.75 Å². The van der Waals surface area contributed by atoms with Crippen LogP contribution in [0.3, 0.4) is 0 Å². The summed E-state index contributed by atoms with van der Waals surface area (Å²) in [4.78, 5) is 13.0. The van der Waals surface area contributed by atoms with Crippen LogP contribution in [0.4, 0.5) is 0 Å². The summed E-state index contributed by atoms with van der Waals surface area (Å²) in [5.41, 5.74) is 0. The molecule has 0 bridgehead atoms. The standard InChI is InChI=1S/C11H22N2O3S/c1-4-5-6-17(15,16)13(3)9-10-7-11(14)12(2)8-10/h10H,4-9H2,1-3H3. The molecule has 0 aromatic rings. The van der Waals surface area contributed by atoms with Crippen LogP contribution in [0.25, 0.3) is 0 Å². The lowest BCUT2D eigenvalue weighted by atomic mass is 10.1. The molecule has 1 aliphatic heterocycles. The summed E-state index contributed by atoms with van der Waals surface area (Å²) in [6.07, 6.45) is 2.03. The van der Waals surface area contributed by atoms with Gasteiger partial charge in [-0.15, -0.1) is 0 Å². The van der Waals surface area contributed by atoms with Gasteiger partial charge in [-0.3, -0.25) is 4.79 Å². The zero-order valence-electron chi connectivity index (χ0n) is 10.8. The van der Waals surface area contributed by atoms with Crippen molar-refractivity contribution in [3.8, 4) is 0 Å².